The van der Waals surface area contributed by atoms with Gasteiger partial charge in [-0.2, -0.15) is 0 Å². The van der Waals surface area contributed by atoms with Gasteiger partial charge in [0.2, 0.25) is 0 Å². The molecule has 1 atom stereocenters. The summed E-state index contributed by atoms with van der Waals surface area (Å²) in [7, 11) is 4.02. The Labute approximate surface area is 122 Å². The molecule has 9 heteroatoms. The van der Waals surface area contributed by atoms with E-state index in [2.05, 4.69) is 20.5 Å². The highest BCUT2D eigenvalue weighted by molar-refractivity contribution is 5.84. The first-order valence-electron chi connectivity index (χ1n) is 6.80. The van der Waals surface area contributed by atoms with Gasteiger partial charge in [0.15, 0.2) is 5.69 Å². The van der Waals surface area contributed by atoms with Crippen LogP contribution < -0.4 is 5.32 Å². The fraction of sp³-hybridized carbons (Fsp3) is 0.667. The van der Waals surface area contributed by atoms with Crippen LogP contribution in [0.2, 0.25) is 0 Å². The highest BCUT2D eigenvalue weighted by atomic mass is 16.4. The monoisotopic (exact) mass is 296 g/mol. The Bertz CT molecular complexity index is 515. The Morgan fingerprint density at radius 3 is 2.86 bits per heavy atom. The van der Waals surface area contributed by atoms with Gasteiger partial charge in [0.05, 0.1) is 12.7 Å². The van der Waals surface area contributed by atoms with E-state index in [-0.39, 0.29) is 11.7 Å². The maximum Gasteiger partial charge on any atom is 0.358 e. The molecule has 2 amide bonds. The number of rotatable bonds is 5. The van der Waals surface area contributed by atoms with E-state index in [4.69, 9.17) is 5.11 Å². The largest absolute Gasteiger partial charge is 0.476 e. The molecule has 1 unspecified atom stereocenters. The molecule has 1 aliphatic heterocycles. The van der Waals surface area contributed by atoms with Crippen LogP contribution in [0.4, 0.5) is 4.79 Å². The van der Waals surface area contributed by atoms with E-state index in [1.165, 1.54) is 10.9 Å². The molecule has 1 saturated heterocycles. The third kappa shape index (κ3) is 3.91. The SMILES string of the molecule is CN(C)C1CCN(C(=O)NCCn2cc(C(=O)O)nn2)C1. The zero-order valence-corrected chi connectivity index (χ0v) is 12.2. The van der Waals surface area contributed by atoms with E-state index in [1.807, 2.05) is 14.1 Å². The number of carboxylic acid groups (broad SMARTS) is 1. The summed E-state index contributed by atoms with van der Waals surface area (Å²) >= 11 is 0. The molecule has 21 heavy (non-hydrogen) atoms. The van der Waals surface area contributed by atoms with Crippen molar-refractivity contribution in [1.29, 1.82) is 0 Å². The zero-order chi connectivity index (χ0) is 15.4. The molecule has 0 radical (unpaired) electrons. The molecule has 2 rings (SSSR count). The lowest BCUT2D eigenvalue weighted by atomic mass is 10.2. The molecule has 2 N–H and O–H groups in total. The van der Waals surface area contributed by atoms with Crippen LogP contribution in [0.5, 0.6) is 0 Å². The number of nitrogens with zero attached hydrogens (tertiary/aromatic N) is 5. The van der Waals surface area contributed by atoms with Crippen LogP contribution >= 0.6 is 0 Å². The smallest absolute Gasteiger partial charge is 0.358 e. The van der Waals surface area contributed by atoms with E-state index in [9.17, 15) is 9.59 Å². The molecular weight excluding hydrogens is 276 g/mol. The van der Waals surface area contributed by atoms with Crippen molar-refractivity contribution >= 4 is 12.0 Å². The summed E-state index contributed by atoms with van der Waals surface area (Å²) < 4.78 is 1.40. The second kappa shape index (κ2) is 6.53. The standard InChI is InChI=1S/C12H20N6O3/c1-16(2)9-3-5-17(7-9)12(21)13-4-6-18-8-10(11(19)20)14-15-18/h8-9H,3-7H2,1-2H3,(H,13,21)(H,19,20). The first-order valence-corrected chi connectivity index (χ1v) is 6.80. The van der Waals surface area contributed by atoms with Crippen molar-refractivity contribution in [3.63, 3.8) is 0 Å². The number of hydrogen-bond acceptors (Lipinski definition) is 5. The van der Waals surface area contributed by atoms with Crippen molar-refractivity contribution in [2.24, 2.45) is 0 Å². The molecule has 116 valence electrons. The third-order valence-corrected chi connectivity index (χ3v) is 3.56. The number of carbonyl (C=O) groups excluding carboxylic acids is 1. The first kappa shape index (κ1) is 15.2. The Morgan fingerprint density at radius 2 is 2.29 bits per heavy atom. The van der Waals surface area contributed by atoms with Crippen LogP contribution in [0.15, 0.2) is 6.20 Å². The summed E-state index contributed by atoms with van der Waals surface area (Å²) in [5.74, 6) is -1.11. The number of likely N-dealkylation sites (tertiary alicyclic amines) is 1. The number of nitrogens with one attached hydrogen (secondary N) is 1. The number of amides is 2. The van der Waals surface area contributed by atoms with Gasteiger partial charge in [-0.25, -0.2) is 14.3 Å². The van der Waals surface area contributed by atoms with Crippen LogP contribution in [0.25, 0.3) is 0 Å². The highest BCUT2D eigenvalue weighted by Gasteiger charge is 2.27. The van der Waals surface area contributed by atoms with Gasteiger partial charge in [0.25, 0.3) is 0 Å². The van der Waals surface area contributed by atoms with Crippen LogP contribution in [-0.2, 0) is 6.54 Å². The quantitative estimate of drug-likeness (QED) is 0.746. The molecule has 0 saturated carbocycles. The van der Waals surface area contributed by atoms with Crippen LogP contribution in [0.3, 0.4) is 0 Å². The predicted molar refractivity (Wildman–Crippen MR) is 74.0 cm³/mol. The van der Waals surface area contributed by atoms with Crippen LogP contribution in [0.1, 0.15) is 16.9 Å². The fourth-order valence-corrected chi connectivity index (χ4v) is 2.24. The fourth-order valence-electron chi connectivity index (χ4n) is 2.24. The lowest BCUT2D eigenvalue weighted by molar-refractivity contribution is 0.0690. The van der Waals surface area contributed by atoms with Crippen molar-refractivity contribution in [3.8, 4) is 0 Å². The molecule has 1 fully saturated rings. The lowest BCUT2D eigenvalue weighted by Crippen LogP contribution is -2.41. The Kier molecular flexibility index (Phi) is 4.73. The van der Waals surface area contributed by atoms with E-state index < -0.39 is 5.97 Å². The van der Waals surface area contributed by atoms with E-state index in [0.29, 0.717) is 19.1 Å². The summed E-state index contributed by atoms with van der Waals surface area (Å²) in [6.45, 7) is 2.24. The van der Waals surface area contributed by atoms with Crippen molar-refractivity contribution in [2.45, 2.75) is 19.0 Å². The van der Waals surface area contributed by atoms with Gasteiger partial charge in [-0.15, -0.1) is 5.10 Å². The van der Waals surface area contributed by atoms with Gasteiger partial charge in [-0.05, 0) is 20.5 Å². The van der Waals surface area contributed by atoms with Crippen LogP contribution in [0, 0.1) is 0 Å². The van der Waals surface area contributed by atoms with Crippen molar-refractivity contribution in [1.82, 2.24) is 30.1 Å². The molecule has 1 aromatic rings. The van der Waals surface area contributed by atoms with Gasteiger partial charge in [-0.1, -0.05) is 5.21 Å². The molecule has 0 bridgehead atoms. The minimum atomic E-state index is -1.11. The molecule has 0 spiro atoms. The van der Waals surface area contributed by atoms with Crippen LogP contribution in [-0.4, -0.2) is 81.7 Å². The van der Waals surface area contributed by atoms with Gasteiger partial charge in [0, 0.05) is 25.7 Å². The van der Waals surface area contributed by atoms with E-state index >= 15 is 0 Å². The summed E-state index contributed by atoms with van der Waals surface area (Å²) in [6.07, 6.45) is 2.32. The summed E-state index contributed by atoms with van der Waals surface area (Å²) in [6, 6.07) is 0.308. The average molecular weight is 296 g/mol. The maximum atomic E-state index is 12.0. The zero-order valence-electron chi connectivity index (χ0n) is 12.2. The second-order valence-corrected chi connectivity index (χ2v) is 5.26. The van der Waals surface area contributed by atoms with Gasteiger partial charge >= 0.3 is 12.0 Å². The second-order valence-electron chi connectivity index (χ2n) is 5.26. The minimum absolute atomic E-state index is 0.0991. The Balaban J connectivity index is 1.73. The number of hydrogen-bond donors (Lipinski definition) is 2. The normalized spacial score (nSPS) is 18.2. The van der Waals surface area contributed by atoms with Crippen molar-refractivity contribution in [3.05, 3.63) is 11.9 Å². The lowest BCUT2D eigenvalue weighted by Gasteiger charge is -2.20. The molecule has 0 aromatic carbocycles. The summed E-state index contributed by atoms with van der Waals surface area (Å²) in [5.41, 5.74) is -0.102. The third-order valence-electron chi connectivity index (χ3n) is 3.56. The Morgan fingerprint density at radius 1 is 1.52 bits per heavy atom. The number of aromatic nitrogens is 3. The minimum Gasteiger partial charge on any atom is -0.476 e. The Hall–Kier alpha value is -2.16. The number of carbonyl (C=O) groups is 2. The van der Waals surface area contributed by atoms with Crippen molar-refractivity contribution < 1.29 is 14.7 Å². The van der Waals surface area contributed by atoms with E-state index in [1.54, 1.807) is 4.90 Å². The van der Waals surface area contributed by atoms with Gasteiger partial charge in [-0.3, -0.25) is 0 Å². The molecule has 2 heterocycles. The van der Waals surface area contributed by atoms with Gasteiger partial charge < -0.3 is 20.2 Å². The summed E-state index contributed by atoms with van der Waals surface area (Å²) in [4.78, 5) is 26.5. The predicted octanol–water partition coefficient (Wildman–Crippen LogP) is -0.678. The van der Waals surface area contributed by atoms with Gasteiger partial charge in [0.1, 0.15) is 0 Å². The number of aromatic carboxylic acids is 1. The highest BCUT2D eigenvalue weighted by Crippen LogP contribution is 2.12. The molecule has 1 aliphatic rings. The topological polar surface area (TPSA) is 104 Å². The molecule has 0 aliphatic carbocycles. The van der Waals surface area contributed by atoms with Crippen molar-refractivity contribution in [2.75, 3.05) is 33.7 Å². The molecular formula is C12H20N6O3. The maximum absolute atomic E-state index is 12.0. The number of likely N-dealkylation sites (N-methyl/N-ethyl adjacent to an activating group) is 1. The molecule has 9 nitrogen and oxygen atoms in total. The summed E-state index contributed by atoms with van der Waals surface area (Å²) in [5, 5.41) is 18.7. The number of urea groups is 1. The van der Waals surface area contributed by atoms with E-state index in [0.717, 1.165) is 19.5 Å². The average Bonchev–Trinajstić information content (AvgIpc) is 3.07. The molecule has 1 aromatic heterocycles. The number of carboxylic acids is 1. The first-order chi connectivity index (χ1) is 9.97.